The highest BCUT2D eigenvalue weighted by atomic mass is 16.6. The average molecular weight is 626 g/mol. The Bertz CT molecular complexity index is 755. The summed E-state index contributed by atoms with van der Waals surface area (Å²) in [5, 5.41) is 13.9. The lowest BCUT2D eigenvalue weighted by Crippen LogP contribution is -2.47. The molecule has 0 rings (SSSR count). The number of aliphatic hydroxyl groups is 1. The number of hydrogen-bond acceptors (Lipinski definition) is 6. The van der Waals surface area contributed by atoms with Gasteiger partial charge in [0.2, 0.25) is 5.91 Å². The number of carbonyl (C=O) groups is 3. The Morgan fingerprint density at radius 3 is 2.05 bits per heavy atom. The molecule has 8 nitrogen and oxygen atoms in total. The van der Waals surface area contributed by atoms with Gasteiger partial charge in [-0.05, 0) is 44.9 Å². The first kappa shape index (κ1) is 42.1. The minimum absolute atomic E-state index is 0.151. The molecule has 2 atom stereocenters. The van der Waals surface area contributed by atoms with Crippen molar-refractivity contribution >= 4 is 17.8 Å². The molecule has 0 aromatic heterocycles. The lowest BCUT2D eigenvalue weighted by Gasteiger charge is -2.30. The molecule has 2 unspecified atom stereocenters. The maximum Gasteiger partial charge on any atom is 0.362 e. The van der Waals surface area contributed by atoms with Gasteiger partial charge in [0.1, 0.15) is 19.3 Å². The maximum absolute atomic E-state index is 12.7. The average Bonchev–Trinajstić information content (AvgIpc) is 2.96. The van der Waals surface area contributed by atoms with Crippen LogP contribution in [-0.2, 0) is 23.9 Å². The Kier molecular flexibility index (Phi) is 27.3. The molecule has 0 aromatic carbocycles. The van der Waals surface area contributed by atoms with Gasteiger partial charge in [0.05, 0.1) is 20.2 Å². The highest BCUT2D eigenvalue weighted by Crippen LogP contribution is 2.16. The molecule has 0 heterocycles. The Labute approximate surface area is 270 Å². The predicted molar refractivity (Wildman–Crippen MR) is 180 cm³/mol. The maximum atomic E-state index is 12.7. The van der Waals surface area contributed by atoms with Crippen molar-refractivity contribution in [3.63, 3.8) is 0 Å². The predicted octanol–water partition coefficient (Wildman–Crippen LogP) is 7.41. The van der Waals surface area contributed by atoms with Crippen molar-refractivity contribution < 1.29 is 33.4 Å². The zero-order valence-electron chi connectivity index (χ0n) is 29.2. The van der Waals surface area contributed by atoms with Crippen LogP contribution in [0, 0.1) is 0 Å². The summed E-state index contributed by atoms with van der Waals surface area (Å²) in [4.78, 5) is 35.7. The fourth-order valence-electron chi connectivity index (χ4n) is 5.15. The molecule has 0 spiro atoms. The Hall–Kier alpha value is -1.93. The minimum atomic E-state index is -0.731. The molecule has 0 saturated heterocycles. The molecule has 44 heavy (non-hydrogen) atoms. The molecular weight excluding hydrogens is 556 g/mol. The van der Waals surface area contributed by atoms with Crippen molar-refractivity contribution in [2.75, 3.05) is 40.3 Å². The number of quaternary nitrogens is 1. The normalized spacial score (nSPS) is 13.1. The first-order chi connectivity index (χ1) is 21.1. The third-order valence-corrected chi connectivity index (χ3v) is 8.03. The lowest BCUT2D eigenvalue weighted by atomic mass is 10.0. The monoisotopic (exact) mass is 626 g/mol. The summed E-state index contributed by atoms with van der Waals surface area (Å²) >= 11 is 0. The second-order valence-electron chi connectivity index (χ2n) is 13.1. The van der Waals surface area contributed by atoms with Gasteiger partial charge >= 0.3 is 11.9 Å². The fraction of sp³-hybridized carbons (Fsp3) is 0.861. The van der Waals surface area contributed by atoms with Crippen LogP contribution < -0.4 is 5.32 Å². The molecule has 0 aromatic rings. The summed E-state index contributed by atoms with van der Waals surface area (Å²) in [6.07, 6.45) is 24.2. The van der Waals surface area contributed by atoms with Crippen LogP contribution in [0.15, 0.2) is 12.2 Å². The molecule has 0 radical (unpaired) electrons. The van der Waals surface area contributed by atoms with Gasteiger partial charge in [-0.2, -0.15) is 0 Å². The van der Waals surface area contributed by atoms with Gasteiger partial charge in [0, 0.05) is 19.9 Å². The summed E-state index contributed by atoms with van der Waals surface area (Å²) in [5.74, 6) is -0.487. The Morgan fingerprint density at radius 2 is 1.39 bits per heavy atom. The number of esters is 2. The third-order valence-electron chi connectivity index (χ3n) is 8.03. The van der Waals surface area contributed by atoms with Crippen LogP contribution in [0.2, 0.25) is 0 Å². The number of unbranched alkanes of at least 4 members (excludes halogenated alkanes) is 14. The topological polar surface area (TPSA) is 102 Å². The van der Waals surface area contributed by atoms with E-state index in [0.29, 0.717) is 30.3 Å². The summed E-state index contributed by atoms with van der Waals surface area (Å²) in [7, 11) is 3.79. The first-order valence-electron chi connectivity index (χ1n) is 17.9. The van der Waals surface area contributed by atoms with Crippen molar-refractivity contribution in [1.82, 2.24) is 5.32 Å². The van der Waals surface area contributed by atoms with Crippen LogP contribution in [0.3, 0.4) is 0 Å². The van der Waals surface area contributed by atoms with E-state index >= 15 is 0 Å². The van der Waals surface area contributed by atoms with E-state index in [2.05, 4.69) is 25.2 Å². The van der Waals surface area contributed by atoms with Crippen LogP contribution in [0.25, 0.3) is 0 Å². The van der Waals surface area contributed by atoms with Crippen molar-refractivity contribution in [3.05, 3.63) is 12.2 Å². The number of nitrogens with one attached hydrogen (secondary N) is 1. The van der Waals surface area contributed by atoms with Crippen molar-refractivity contribution in [2.45, 2.75) is 161 Å². The zero-order valence-corrected chi connectivity index (χ0v) is 29.2. The number of hydrogen-bond donors (Lipinski definition) is 2. The molecule has 0 saturated carbocycles. The van der Waals surface area contributed by atoms with Gasteiger partial charge in [0.25, 0.3) is 0 Å². The zero-order chi connectivity index (χ0) is 32.9. The Morgan fingerprint density at radius 1 is 0.795 bits per heavy atom. The number of carbonyl (C=O) groups excluding carboxylic acids is 3. The lowest BCUT2D eigenvalue weighted by molar-refractivity contribution is -0.883. The van der Waals surface area contributed by atoms with E-state index in [4.69, 9.17) is 9.47 Å². The number of ether oxygens (including phenoxy) is 2. The summed E-state index contributed by atoms with van der Waals surface area (Å²) in [6.45, 7) is 7.46. The minimum Gasteiger partial charge on any atom is -0.460 e. The van der Waals surface area contributed by atoms with Gasteiger partial charge in [-0.1, -0.05) is 103 Å². The van der Waals surface area contributed by atoms with Crippen molar-refractivity contribution in [1.29, 1.82) is 0 Å². The molecule has 258 valence electrons. The van der Waals surface area contributed by atoms with Gasteiger partial charge in [0.15, 0.2) is 6.54 Å². The number of nitrogens with zero attached hydrogens (tertiary/aromatic N) is 1. The van der Waals surface area contributed by atoms with Crippen LogP contribution >= 0.6 is 0 Å². The van der Waals surface area contributed by atoms with E-state index in [1.807, 2.05) is 20.2 Å². The second kappa shape index (κ2) is 28.5. The van der Waals surface area contributed by atoms with Crippen LogP contribution in [0.5, 0.6) is 0 Å². The standard InChI is InChI=1S/C36H68N2O6/c1-6-8-10-11-12-17-20-24-28-37-35(41)27-23-19-16-14-13-15-18-22-25-33(40)34(26-21-9-7-2)44-36(42)31-38(4,5)29-30-43-32(3)39/h18,22,33-34,40H,6-17,19-21,23-31H2,1-5H3/p+1. The van der Waals surface area contributed by atoms with Crippen LogP contribution in [-0.4, -0.2) is 80.0 Å². The SMILES string of the molecule is CCCCCCCCCCNC(=O)CCCCCCCC=CCC(O)C(CCCCC)OC(=O)C[N+](C)(C)CCOC(C)=O. The van der Waals surface area contributed by atoms with E-state index < -0.39 is 12.2 Å². The molecule has 0 aliphatic heterocycles. The number of amides is 1. The molecular formula is C36H69N2O6+. The molecule has 0 aliphatic rings. The number of likely N-dealkylation sites (N-methyl/N-ethyl adjacent to an activating group) is 1. The van der Waals surface area contributed by atoms with Crippen LogP contribution in [0.1, 0.15) is 149 Å². The fourth-order valence-corrected chi connectivity index (χ4v) is 5.15. The molecule has 2 N–H and O–H groups in total. The van der Waals surface area contributed by atoms with Gasteiger partial charge in [-0.3, -0.25) is 9.59 Å². The highest BCUT2D eigenvalue weighted by Gasteiger charge is 2.27. The van der Waals surface area contributed by atoms with Gasteiger partial charge in [-0.15, -0.1) is 0 Å². The molecule has 1 amide bonds. The van der Waals surface area contributed by atoms with E-state index in [-0.39, 0.29) is 31.0 Å². The van der Waals surface area contributed by atoms with E-state index in [1.165, 1.54) is 51.9 Å². The molecule has 0 bridgehead atoms. The summed E-state index contributed by atoms with van der Waals surface area (Å²) < 4.78 is 11.1. The Balaban J connectivity index is 4.08. The smallest absolute Gasteiger partial charge is 0.362 e. The van der Waals surface area contributed by atoms with Crippen LogP contribution in [0.4, 0.5) is 0 Å². The number of aliphatic hydroxyl groups excluding tert-OH is 1. The third kappa shape index (κ3) is 27.6. The van der Waals surface area contributed by atoms with E-state index in [9.17, 15) is 19.5 Å². The van der Waals surface area contributed by atoms with Gasteiger partial charge < -0.3 is 24.4 Å². The number of rotatable bonds is 30. The number of allylic oxidation sites excluding steroid dienone is 1. The van der Waals surface area contributed by atoms with Crippen molar-refractivity contribution in [3.8, 4) is 0 Å². The van der Waals surface area contributed by atoms with Gasteiger partial charge in [-0.25, -0.2) is 4.79 Å². The molecule has 8 heteroatoms. The van der Waals surface area contributed by atoms with Crippen molar-refractivity contribution in [2.24, 2.45) is 0 Å². The first-order valence-corrected chi connectivity index (χ1v) is 17.9. The second-order valence-corrected chi connectivity index (χ2v) is 13.1. The van der Waals surface area contributed by atoms with E-state index in [0.717, 1.165) is 70.8 Å². The molecule has 0 aliphatic carbocycles. The quantitative estimate of drug-likeness (QED) is 0.0373. The van der Waals surface area contributed by atoms with E-state index in [1.54, 1.807) is 0 Å². The largest absolute Gasteiger partial charge is 0.460 e. The highest BCUT2D eigenvalue weighted by molar-refractivity contribution is 5.75. The molecule has 0 fully saturated rings. The summed E-state index contributed by atoms with van der Waals surface area (Å²) in [5.41, 5.74) is 0. The summed E-state index contributed by atoms with van der Waals surface area (Å²) in [6, 6.07) is 0.